The van der Waals surface area contributed by atoms with Gasteiger partial charge >= 0.3 is 0 Å². The lowest BCUT2D eigenvalue weighted by Crippen LogP contribution is -2.14. The minimum Gasteiger partial charge on any atom is -0.321 e. The van der Waals surface area contributed by atoms with Crippen LogP contribution in [0.25, 0.3) is 11.8 Å². The number of carbonyl (C=O) groups is 1. The fourth-order valence-corrected chi connectivity index (χ4v) is 3.48. The molecule has 3 aromatic rings. The van der Waals surface area contributed by atoms with E-state index in [1.54, 1.807) is 6.08 Å². The van der Waals surface area contributed by atoms with E-state index < -0.39 is 5.91 Å². The van der Waals surface area contributed by atoms with Gasteiger partial charge in [-0.2, -0.15) is 5.26 Å². The third-order valence-corrected chi connectivity index (χ3v) is 5.13. The number of aryl methyl sites for hydroxylation is 4. The molecule has 4 heteroatoms. The van der Waals surface area contributed by atoms with Crippen LogP contribution in [0, 0.1) is 45.9 Å². The molecule has 1 N–H and O–H groups in total. The largest absolute Gasteiger partial charge is 0.321 e. The van der Waals surface area contributed by atoms with Crippen molar-refractivity contribution in [3.8, 4) is 11.8 Å². The maximum Gasteiger partial charge on any atom is 0.266 e. The summed E-state index contributed by atoms with van der Waals surface area (Å²) in [5.74, 6) is -0.401. The van der Waals surface area contributed by atoms with Crippen molar-refractivity contribution in [2.24, 2.45) is 0 Å². The van der Waals surface area contributed by atoms with E-state index in [2.05, 4.69) is 35.0 Å². The Hall–Kier alpha value is -3.58. The number of benzene rings is 2. The summed E-state index contributed by atoms with van der Waals surface area (Å²) in [7, 11) is 0. The number of nitriles is 1. The molecule has 0 saturated carbocycles. The van der Waals surface area contributed by atoms with Gasteiger partial charge < -0.3 is 9.88 Å². The van der Waals surface area contributed by atoms with Crippen LogP contribution in [0.2, 0.25) is 0 Å². The summed E-state index contributed by atoms with van der Waals surface area (Å²) in [5.41, 5.74) is 7.97. The molecule has 0 aliphatic rings. The first-order valence-corrected chi connectivity index (χ1v) is 9.57. The van der Waals surface area contributed by atoms with E-state index in [9.17, 15) is 10.1 Å². The summed E-state index contributed by atoms with van der Waals surface area (Å²) in [6.07, 6.45) is 1.66. The molecule has 0 saturated heterocycles. The summed E-state index contributed by atoms with van der Waals surface area (Å²) in [6, 6.07) is 18.1. The highest BCUT2D eigenvalue weighted by molar-refractivity contribution is 6.10. The second-order valence-electron chi connectivity index (χ2n) is 7.39. The molecule has 29 heavy (non-hydrogen) atoms. The number of nitrogens with zero attached hydrogens (tertiary/aromatic N) is 2. The molecule has 2 aromatic carbocycles. The standard InChI is InChI=1S/C25H25N3O/c1-16-10-11-17(2)23(12-16)27-25(29)22(15-26)14-21-13-19(4)28(20(21)5)24-9-7-6-8-18(24)3/h6-14H,1-5H3,(H,27,29)/b22-14+. The van der Waals surface area contributed by atoms with Crippen LogP contribution in [0.4, 0.5) is 5.69 Å². The van der Waals surface area contributed by atoms with E-state index in [4.69, 9.17) is 0 Å². The lowest BCUT2D eigenvalue weighted by Gasteiger charge is -2.12. The maximum absolute atomic E-state index is 12.7. The Morgan fingerprint density at radius 3 is 2.41 bits per heavy atom. The van der Waals surface area contributed by atoms with Crippen LogP contribution >= 0.6 is 0 Å². The predicted octanol–water partition coefficient (Wildman–Crippen LogP) is 5.57. The lowest BCUT2D eigenvalue weighted by molar-refractivity contribution is -0.112. The molecule has 4 nitrogen and oxygen atoms in total. The van der Waals surface area contributed by atoms with Crippen LogP contribution < -0.4 is 5.32 Å². The average Bonchev–Trinajstić information content (AvgIpc) is 2.96. The van der Waals surface area contributed by atoms with E-state index in [-0.39, 0.29) is 5.57 Å². The molecule has 0 unspecified atom stereocenters. The monoisotopic (exact) mass is 383 g/mol. The minimum atomic E-state index is -0.401. The Labute approximate surface area is 172 Å². The zero-order chi connectivity index (χ0) is 21.1. The van der Waals surface area contributed by atoms with Crippen LogP contribution in [0.5, 0.6) is 0 Å². The number of hydrogen-bond acceptors (Lipinski definition) is 2. The Balaban J connectivity index is 1.97. The number of aromatic nitrogens is 1. The summed E-state index contributed by atoms with van der Waals surface area (Å²) < 4.78 is 2.15. The van der Waals surface area contributed by atoms with Gasteiger partial charge in [0.05, 0.1) is 0 Å². The first kappa shape index (κ1) is 20.2. The Kier molecular flexibility index (Phi) is 5.70. The lowest BCUT2D eigenvalue weighted by atomic mass is 10.1. The minimum absolute atomic E-state index is 0.0796. The molecule has 0 atom stereocenters. The molecule has 0 fully saturated rings. The van der Waals surface area contributed by atoms with E-state index in [0.717, 1.165) is 45.0 Å². The maximum atomic E-state index is 12.7. The molecule has 1 aromatic heterocycles. The summed E-state index contributed by atoms with van der Waals surface area (Å²) >= 11 is 0. The van der Waals surface area contributed by atoms with Crippen LogP contribution in [0.15, 0.2) is 54.1 Å². The molecular formula is C25H25N3O. The number of hydrogen-bond donors (Lipinski definition) is 1. The number of amides is 1. The van der Waals surface area contributed by atoms with Crippen molar-refractivity contribution in [1.29, 1.82) is 5.26 Å². The molecule has 3 rings (SSSR count). The second kappa shape index (κ2) is 8.20. The van der Waals surface area contributed by atoms with Crippen LogP contribution in [-0.4, -0.2) is 10.5 Å². The topological polar surface area (TPSA) is 57.8 Å². The Bertz CT molecular complexity index is 1160. The van der Waals surface area contributed by atoms with Gasteiger partial charge in [0.2, 0.25) is 0 Å². The van der Waals surface area contributed by atoms with Gasteiger partial charge in [-0.15, -0.1) is 0 Å². The van der Waals surface area contributed by atoms with Crippen molar-refractivity contribution in [3.05, 3.63) is 87.7 Å². The fraction of sp³-hybridized carbons (Fsp3) is 0.200. The molecule has 0 spiro atoms. The van der Waals surface area contributed by atoms with Gasteiger partial charge in [0.25, 0.3) is 5.91 Å². The van der Waals surface area contributed by atoms with Crippen molar-refractivity contribution in [2.45, 2.75) is 34.6 Å². The van der Waals surface area contributed by atoms with Crippen molar-refractivity contribution in [2.75, 3.05) is 5.32 Å². The molecular weight excluding hydrogens is 358 g/mol. The van der Waals surface area contributed by atoms with E-state index >= 15 is 0 Å². The highest BCUT2D eigenvalue weighted by Crippen LogP contribution is 2.25. The molecule has 0 bridgehead atoms. The third-order valence-electron chi connectivity index (χ3n) is 5.13. The smallest absolute Gasteiger partial charge is 0.266 e. The molecule has 0 radical (unpaired) electrons. The predicted molar refractivity (Wildman–Crippen MR) is 118 cm³/mol. The van der Waals surface area contributed by atoms with E-state index in [0.29, 0.717) is 0 Å². The quantitative estimate of drug-likeness (QED) is 0.473. The number of nitrogens with one attached hydrogen (secondary N) is 1. The van der Waals surface area contributed by atoms with Crippen LogP contribution in [0.1, 0.15) is 33.6 Å². The first-order chi connectivity index (χ1) is 13.8. The Morgan fingerprint density at radius 2 is 1.72 bits per heavy atom. The molecule has 1 amide bonds. The van der Waals surface area contributed by atoms with Gasteiger partial charge in [-0.05, 0) is 81.1 Å². The second-order valence-corrected chi connectivity index (χ2v) is 7.39. The fourth-order valence-electron chi connectivity index (χ4n) is 3.48. The SMILES string of the molecule is Cc1ccc(C)c(NC(=O)/C(C#N)=C/c2cc(C)n(-c3ccccc3C)c2C)c1. The van der Waals surface area contributed by atoms with Crippen molar-refractivity contribution >= 4 is 17.7 Å². The highest BCUT2D eigenvalue weighted by Gasteiger charge is 2.15. The Morgan fingerprint density at radius 1 is 1.00 bits per heavy atom. The first-order valence-electron chi connectivity index (χ1n) is 9.57. The summed E-state index contributed by atoms with van der Waals surface area (Å²) in [6.45, 7) is 10.0. The van der Waals surface area contributed by atoms with Gasteiger partial charge in [0.15, 0.2) is 0 Å². The van der Waals surface area contributed by atoms with Gasteiger partial charge in [-0.25, -0.2) is 0 Å². The van der Waals surface area contributed by atoms with E-state index in [1.165, 1.54) is 0 Å². The highest BCUT2D eigenvalue weighted by atomic mass is 16.1. The number of para-hydroxylation sites is 1. The number of carbonyl (C=O) groups excluding carboxylic acids is 1. The van der Waals surface area contributed by atoms with E-state index in [1.807, 2.05) is 64.1 Å². The number of rotatable bonds is 4. The molecule has 1 heterocycles. The zero-order valence-corrected chi connectivity index (χ0v) is 17.5. The van der Waals surface area contributed by atoms with Crippen LogP contribution in [0.3, 0.4) is 0 Å². The summed E-state index contributed by atoms with van der Waals surface area (Å²) in [5, 5.41) is 12.5. The third kappa shape index (κ3) is 4.14. The molecule has 146 valence electrons. The van der Waals surface area contributed by atoms with Crippen molar-refractivity contribution in [3.63, 3.8) is 0 Å². The van der Waals surface area contributed by atoms with Gasteiger partial charge in [0, 0.05) is 22.8 Å². The number of anilines is 1. The summed E-state index contributed by atoms with van der Waals surface area (Å²) in [4.78, 5) is 12.7. The molecule has 0 aliphatic carbocycles. The average molecular weight is 383 g/mol. The normalized spacial score (nSPS) is 11.2. The van der Waals surface area contributed by atoms with Gasteiger partial charge in [0.1, 0.15) is 11.6 Å². The van der Waals surface area contributed by atoms with Gasteiger partial charge in [-0.1, -0.05) is 30.3 Å². The van der Waals surface area contributed by atoms with Gasteiger partial charge in [-0.3, -0.25) is 4.79 Å². The van der Waals surface area contributed by atoms with Crippen LogP contribution in [-0.2, 0) is 4.79 Å². The molecule has 0 aliphatic heterocycles. The van der Waals surface area contributed by atoms with Crippen molar-refractivity contribution < 1.29 is 4.79 Å². The van der Waals surface area contributed by atoms with Crippen molar-refractivity contribution in [1.82, 2.24) is 4.57 Å². The zero-order valence-electron chi connectivity index (χ0n) is 17.5.